The molecule has 1 fully saturated rings. The summed E-state index contributed by atoms with van der Waals surface area (Å²) in [6.07, 6.45) is 8.63. The second-order valence-corrected chi connectivity index (χ2v) is 12.1. The van der Waals surface area contributed by atoms with E-state index in [-0.39, 0.29) is 24.0 Å². The molecule has 0 spiro atoms. The summed E-state index contributed by atoms with van der Waals surface area (Å²) in [5.74, 6) is 2.01. The Balaban J connectivity index is 1.34. The summed E-state index contributed by atoms with van der Waals surface area (Å²) in [4.78, 5) is 44.4. The highest BCUT2D eigenvalue weighted by molar-refractivity contribution is 6.39. The van der Waals surface area contributed by atoms with Crippen LogP contribution in [0.15, 0.2) is 96.6 Å². The average Bonchev–Trinajstić information content (AvgIpc) is 3.11. The number of carbonyl (C=O) groups is 3. The Labute approximate surface area is 280 Å². The smallest absolute Gasteiger partial charge is 0.335 e. The highest BCUT2D eigenvalue weighted by atomic mass is 16.5. The van der Waals surface area contributed by atoms with E-state index in [1.807, 2.05) is 55.5 Å². The molecule has 3 aliphatic heterocycles. The number of benzene rings is 4. The van der Waals surface area contributed by atoms with Crippen LogP contribution >= 0.6 is 0 Å². The summed E-state index contributed by atoms with van der Waals surface area (Å²) in [6.45, 7) is 4.12. The lowest BCUT2D eigenvalue weighted by atomic mass is 9.76. The SMILES string of the molecule is C#CCOc1ccc(/C=C2\C(=O)NC(=O)N(c3cc4c5c(c3)[C@@H](c3ccccc3)CCN5CC[C@@H]4c3ccccc3)C2=O)cc1OCC. The van der Waals surface area contributed by atoms with Gasteiger partial charge < -0.3 is 14.4 Å². The molecule has 0 saturated carbocycles. The van der Waals surface area contributed by atoms with E-state index >= 15 is 0 Å². The van der Waals surface area contributed by atoms with E-state index in [1.54, 1.807) is 18.2 Å². The zero-order valence-corrected chi connectivity index (χ0v) is 26.6. The van der Waals surface area contributed by atoms with Crippen molar-refractivity contribution in [1.82, 2.24) is 5.32 Å². The first kappa shape index (κ1) is 30.8. The first-order chi connectivity index (χ1) is 23.5. The number of hydrogen-bond acceptors (Lipinski definition) is 6. The van der Waals surface area contributed by atoms with Crippen molar-refractivity contribution in [2.45, 2.75) is 31.6 Å². The molecule has 3 aliphatic rings. The molecular formula is C40H35N3O5. The molecule has 8 heteroatoms. The van der Waals surface area contributed by atoms with Gasteiger partial charge in [-0.1, -0.05) is 72.7 Å². The van der Waals surface area contributed by atoms with E-state index in [1.165, 1.54) is 22.9 Å². The molecule has 4 aromatic carbocycles. The molecule has 0 bridgehead atoms. The average molecular weight is 638 g/mol. The largest absolute Gasteiger partial charge is 0.490 e. The molecule has 0 aromatic heterocycles. The van der Waals surface area contributed by atoms with Crippen molar-refractivity contribution in [1.29, 1.82) is 0 Å². The summed E-state index contributed by atoms with van der Waals surface area (Å²) in [6, 6.07) is 28.9. The number of hydrogen-bond donors (Lipinski definition) is 1. The second kappa shape index (κ2) is 13.1. The number of amides is 4. The highest BCUT2D eigenvalue weighted by Crippen LogP contribution is 2.50. The van der Waals surface area contributed by atoms with E-state index < -0.39 is 17.8 Å². The van der Waals surface area contributed by atoms with Crippen LogP contribution in [0.1, 0.15) is 59.4 Å². The van der Waals surface area contributed by atoms with E-state index in [0.717, 1.165) is 42.0 Å². The number of rotatable bonds is 8. The van der Waals surface area contributed by atoms with Crippen molar-refractivity contribution in [3.63, 3.8) is 0 Å². The minimum atomic E-state index is -0.779. The second-order valence-electron chi connectivity index (χ2n) is 12.1. The van der Waals surface area contributed by atoms with Gasteiger partial charge in [-0.05, 0) is 77.9 Å². The van der Waals surface area contributed by atoms with Crippen LogP contribution in [0.4, 0.5) is 16.2 Å². The summed E-state index contributed by atoms with van der Waals surface area (Å²) in [7, 11) is 0. The molecule has 1 N–H and O–H groups in total. The van der Waals surface area contributed by atoms with Crippen molar-refractivity contribution in [3.05, 3.63) is 124 Å². The number of ether oxygens (including phenoxy) is 2. The van der Waals surface area contributed by atoms with Gasteiger partial charge in [-0.3, -0.25) is 14.9 Å². The molecule has 8 nitrogen and oxygen atoms in total. The molecule has 0 unspecified atom stereocenters. The van der Waals surface area contributed by atoms with E-state index in [9.17, 15) is 14.4 Å². The predicted octanol–water partition coefficient (Wildman–Crippen LogP) is 6.64. The van der Waals surface area contributed by atoms with Crippen LogP contribution in [0.2, 0.25) is 0 Å². The number of nitrogens with zero attached hydrogens (tertiary/aromatic N) is 2. The van der Waals surface area contributed by atoms with E-state index in [2.05, 4.69) is 40.4 Å². The lowest BCUT2D eigenvalue weighted by Crippen LogP contribution is -2.54. The van der Waals surface area contributed by atoms with Crippen LogP contribution < -0.4 is 24.6 Å². The number of anilines is 2. The molecule has 240 valence electrons. The maximum Gasteiger partial charge on any atom is 0.335 e. The molecule has 0 aliphatic carbocycles. The third kappa shape index (κ3) is 5.69. The predicted molar refractivity (Wildman–Crippen MR) is 185 cm³/mol. The van der Waals surface area contributed by atoms with Crippen molar-refractivity contribution in [2.24, 2.45) is 0 Å². The summed E-state index contributed by atoms with van der Waals surface area (Å²) >= 11 is 0. The number of imide groups is 2. The molecule has 4 aromatic rings. The van der Waals surface area contributed by atoms with E-state index in [0.29, 0.717) is 29.4 Å². The number of barbiturate groups is 1. The minimum Gasteiger partial charge on any atom is -0.490 e. The molecule has 7 rings (SSSR count). The van der Waals surface area contributed by atoms with Gasteiger partial charge in [0.05, 0.1) is 12.3 Å². The van der Waals surface area contributed by atoms with Crippen LogP contribution in [-0.4, -0.2) is 44.1 Å². The summed E-state index contributed by atoms with van der Waals surface area (Å²) < 4.78 is 11.3. The van der Waals surface area contributed by atoms with Gasteiger partial charge in [0.15, 0.2) is 11.5 Å². The van der Waals surface area contributed by atoms with Crippen LogP contribution in [0.5, 0.6) is 11.5 Å². The fourth-order valence-electron chi connectivity index (χ4n) is 7.15. The Morgan fingerprint density at radius 1 is 0.833 bits per heavy atom. The first-order valence-corrected chi connectivity index (χ1v) is 16.2. The molecule has 4 amide bonds. The topological polar surface area (TPSA) is 88.2 Å². The van der Waals surface area contributed by atoms with Gasteiger partial charge in [-0.15, -0.1) is 6.42 Å². The molecule has 3 heterocycles. The fraction of sp³-hybridized carbons (Fsp3) is 0.225. The van der Waals surface area contributed by atoms with Gasteiger partial charge in [0.25, 0.3) is 11.8 Å². The Morgan fingerprint density at radius 3 is 2.04 bits per heavy atom. The normalized spacial score (nSPS) is 19.4. The first-order valence-electron chi connectivity index (χ1n) is 16.2. The molecule has 0 radical (unpaired) electrons. The minimum absolute atomic E-state index is 0.0647. The zero-order chi connectivity index (χ0) is 33.2. The Hall–Kier alpha value is -5.81. The van der Waals surface area contributed by atoms with Crippen LogP contribution in [0.3, 0.4) is 0 Å². The van der Waals surface area contributed by atoms with Crippen LogP contribution in [0.25, 0.3) is 6.08 Å². The van der Waals surface area contributed by atoms with Crippen LogP contribution in [0, 0.1) is 12.3 Å². The van der Waals surface area contributed by atoms with Gasteiger partial charge in [0, 0.05) is 30.6 Å². The van der Waals surface area contributed by atoms with Crippen molar-refractivity contribution in [3.8, 4) is 23.8 Å². The van der Waals surface area contributed by atoms with Gasteiger partial charge >= 0.3 is 6.03 Å². The number of terminal acetylenes is 1. The van der Waals surface area contributed by atoms with Crippen molar-refractivity contribution < 1.29 is 23.9 Å². The number of carbonyl (C=O) groups excluding carboxylic acids is 3. The van der Waals surface area contributed by atoms with Gasteiger partial charge in [-0.2, -0.15) is 0 Å². The standard InChI is InChI=1S/C40H35N3O5/c1-3-21-48-35-16-15-26(23-36(35)47-4-2)22-34-38(44)41-40(46)43(39(34)45)29-24-32-30(27-11-7-5-8-12-27)17-19-42-20-18-31(33(25-29)37(32)42)28-13-9-6-10-14-28/h1,5-16,22-25,30-31H,4,17-21H2,2H3,(H,41,44,46)/b34-22+/t30-,31-/m1/s1. The zero-order valence-electron chi connectivity index (χ0n) is 26.6. The van der Waals surface area contributed by atoms with Crippen molar-refractivity contribution >= 4 is 35.3 Å². The van der Waals surface area contributed by atoms with Crippen molar-refractivity contribution in [2.75, 3.05) is 36.1 Å². The fourth-order valence-corrected chi connectivity index (χ4v) is 7.15. The Morgan fingerprint density at radius 2 is 1.46 bits per heavy atom. The molecule has 2 atom stereocenters. The summed E-state index contributed by atoms with van der Waals surface area (Å²) in [5.41, 5.74) is 6.49. The van der Waals surface area contributed by atoms with Gasteiger partial charge in [0.1, 0.15) is 12.2 Å². The van der Waals surface area contributed by atoms with Gasteiger partial charge in [0.2, 0.25) is 0 Å². The maximum atomic E-state index is 14.2. The molecular weight excluding hydrogens is 602 g/mol. The summed E-state index contributed by atoms with van der Waals surface area (Å²) in [5, 5.41) is 2.40. The molecule has 48 heavy (non-hydrogen) atoms. The lowest BCUT2D eigenvalue weighted by Gasteiger charge is -2.44. The third-order valence-electron chi connectivity index (χ3n) is 9.25. The van der Waals surface area contributed by atoms with Gasteiger partial charge in [-0.25, -0.2) is 9.69 Å². The number of nitrogens with one attached hydrogen (secondary N) is 1. The Kier molecular flexibility index (Phi) is 8.43. The van der Waals surface area contributed by atoms with E-state index in [4.69, 9.17) is 15.9 Å². The lowest BCUT2D eigenvalue weighted by molar-refractivity contribution is -0.122. The third-order valence-corrected chi connectivity index (χ3v) is 9.25. The molecule has 1 saturated heterocycles. The number of urea groups is 1. The highest BCUT2D eigenvalue weighted by Gasteiger charge is 2.40. The van der Waals surface area contributed by atoms with Crippen LogP contribution in [-0.2, 0) is 9.59 Å². The maximum absolute atomic E-state index is 14.2. The quantitative estimate of drug-likeness (QED) is 0.132. The Bertz CT molecular complexity index is 1890. The monoisotopic (exact) mass is 637 g/mol.